The highest BCUT2D eigenvalue weighted by atomic mass is 16.5. The zero-order valence-electron chi connectivity index (χ0n) is 12.9. The summed E-state index contributed by atoms with van der Waals surface area (Å²) in [6.07, 6.45) is 0.676. The van der Waals surface area contributed by atoms with Gasteiger partial charge in [-0.3, -0.25) is 4.79 Å². The van der Waals surface area contributed by atoms with Crippen molar-refractivity contribution in [2.45, 2.75) is 6.42 Å². The molecule has 2 N–H and O–H groups in total. The number of amides is 1. The summed E-state index contributed by atoms with van der Waals surface area (Å²) in [4.78, 5) is 11.1. The van der Waals surface area contributed by atoms with Crippen molar-refractivity contribution >= 4 is 5.91 Å². The molecule has 0 radical (unpaired) electrons. The third-order valence-electron chi connectivity index (χ3n) is 3.37. The predicted octanol–water partition coefficient (Wildman–Crippen LogP) is 2.40. The van der Waals surface area contributed by atoms with E-state index in [9.17, 15) is 4.79 Å². The summed E-state index contributed by atoms with van der Waals surface area (Å²) >= 11 is 0. The number of carbonyl (C=O) groups is 1. The third kappa shape index (κ3) is 3.31. The highest BCUT2D eigenvalue weighted by Gasteiger charge is 2.13. The van der Waals surface area contributed by atoms with Crippen LogP contribution in [0.5, 0.6) is 17.2 Å². The van der Waals surface area contributed by atoms with Gasteiger partial charge in [0.2, 0.25) is 11.7 Å². The van der Waals surface area contributed by atoms with Gasteiger partial charge in [-0.25, -0.2) is 0 Å². The van der Waals surface area contributed by atoms with Gasteiger partial charge in [-0.05, 0) is 41.8 Å². The van der Waals surface area contributed by atoms with E-state index in [0.717, 1.165) is 11.1 Å². The van der Waals surface area contributed by atoms with E-state index in [1.54, 1.807) is 33.5 Å². The molecule has 0 bridgehead atoms. The molecule has 0 saturated heterocycles. The Hall–Kier alpha value is -2.69. The van der Waals surface area contributed by atoms with Crippen LogP contribution in [0.2, 0.25) is 0 Å². The smallest absolute Gasteiger partial charge is 0.248 e. The van der Waals surface area contributed by atoms with E-state index < -0.39 is 5.91 Å². The summed E-state index contributed by atoms with van der Waals surface area (Å²) in [6, 6.07) is 11.0. The number of nitrogens with two attached hydrogens (primary N) is 1. The Morgan fingerprint density at radius 3 is 1.86 bits per heavy atom. The Labute approximate surface area is 129 Å². The SMILES string of the molecule is COc1cc(Cc2ccc(C(N)=O)cc2)cc(OC)c1OC. The maximum absolute atomic E-state index is 11.1. The van der Waals surface area contributed by atoms with Gasteiger partial charge in [-0.1, -0.05) is 12.1 Å². The van der Waals surface area contributed by atoms with Gasteiger partial charge in [0.15, 0.2) is 11.5 Å². The lowest BCUT2D eigenvalue weighted by atomic mass is 10.0. The molecule has 0 unspecified atom stereocenters. The molecule has 116 valence electrons. The predicted molar refractivity (Wildman–Crippen MR) is 83.9 cm³/mol. The molecule has 2 aromatic carbocycles. The summed E-state index contributed by atoms with van der Waals surface area (Å²) < 4.78 is 16.0. The van der Waals surface area contributed by atoms with Crippen LogP contribution in [0.4, 0.5) is 0 Å². The number of methoxy groups -OCH3 is 3. The molecule has 2 aromatic rings. The number of ether oxygens (including phenoxy) is 3. The average molecular weight is 301 g/mol. The monoisotopic (exact) mass is 301 g/mol. The Morgan fingerprint density at radius 1 is 0.909 bits per heavy atom. The molecular weight excluding hydrogens is 282 g/mol. The molecule has 1 amide bonds. The van der Waals surface area contributed by atoms with E-state index in [0.29, 0.717) is 29.2 Å². The molecule has 0 spiro atoms. The Kier molecular flexibility index (Phi) is 4.88. The lowest BCUT2D eigenvalue weighted by molar-refractivity contribution is 0.100. The van der Waals surface area contributed by atoms with Gasteiger partial charge in [0.25, 0.3) is 0 Å². The number of hydrogen-bond donors (Lipinski definition) is 1. The average Bonchev–Trinajstić information content (AvgIpc) is 2.54. The van der Waals surface area contributed by atoms with E-state index in [2.05, 4.69) is 0 Å². The number of primary amides is 1. The van der Waals surface area contributed by atoms with Crippen LogP contribution < -0.4 is 19.9 Å². The van der Waals surface area contributed by atoms with Crippen LogP contribution in [-0.4, -0.2) is 27.2 Å². The van der Waals surface area contributed by atoms with E-state index in [-0.39, 0.29) is 0 Å². The van der Waals surface area contributed by atoms with Gasteiger partial charge in [0.05, 0.1) is 21.3 Å². The van der Waals surface area contributed by atoms with Gasteiger partial charge in [-0.2, -0.15) is 0 Å². The molecule has 22 heavy (non-hydrogen) atoms. The number of carbonyl (C=O) groups excluding carboxylic acids is 1. The molecule has 5 nitrogen and oxygen atoms in total. The van der Waals surface area contributed by atoms with Gasteiger partial charge >= 0.3 is 0 Å². The lowest BCUT2D eigenvalue weighted by Crippen LogP contribution is -2.10. The largest absolute Gasteiger partial charge is 0.493 e. The maximum Gasteiger partial charge on any atom is 0.248 e. The van der Waals surface area contributed by atoms with Crippen molar-refractivity contribution in [3.8, 4) is 17.2 Å². The number of benzene rings is 2. The molecular formula is C17H19NO4. The van der Waals surface area contributed by atoms with Crippen LogP contribution in [0.1, 0.15) is 21.5 Å². The van der Waals surface area contributed by atoms with Gasteiger partial charge < -0.3 is 19.9 Å². The fourth-order valence-corrected chi connectivity index (χ4v) is 2.26. The summed E-state index contributed by atoms with van der Waals surface area (Å²) in [5.74, 6) is 1.37. The standard InChI is InChI=1S/C17H19NO4/c1-20-14-9-12(10-15(21-2)16(14)22-3)8-11-4-6-13(7-5-11)17(18)19/h4-7,9-10H,8H2,1-3H3,(H2,18,19). The molecule has 0 saturated carbocycles. The van der Waals surface area contributed by atoms with Gasteiger partial charge in [0, 0.05) is 5.56 Å². The minimum absolute atomic E-state index is 0.431. The highest BCUT2D eigenvalue weighted by Crippen LogP contribution is 2.38. The van der Waals surface area contributed by atoms with Crippen molar-refractivity contribution in [1.82, 2.24) is 0 Å². The van der Waals surface area contributed by atoms with Gasteiger partial charge in [0.1, 0.15) is 0 Å². The summed E-state index contributed by atoms with van der Waals surface area (Å²) in [7, 11) is 4.74. The Balaban J connectivity index is 2.30. The second-order valence-corrected chi connectivity index (χ2v) is 4.77. The van der Waals surface area contributed by atoms with E-state index in [1.807, 2.05) is 24.3 Å². The van der Waals surface area contributed by atoms with Crippen molar-refractivity contribution in [2.24, 2.45) is 5.73 Å². The summed E-state index contributed by atoms with van der Waals surface area (Å²) in [6.45, 7) is 0. The van der Waals surface area contributed by atoms with Crippen LogP contribution in [-0.2, 0) is 6.42 Å². The van der Waals surface area contributed by atoms with Crippen molar-refractivity contribution in [3.63, 3.8) is 0 Å². The van der Waals surface area contributed by atoms with Crippen LogP contribution in [0.25, 0.3) is 0 Å². The zero-order valence-corrected chi connectivity index (χ0v) is 12.9. The van der Waals surface area contributed by atoms with Gasteiger partial charge in [-0.15, -0.1) is 0 Å². The lowest BCUT2D eigenvalue weighted by Gasteiger charge is -2.14. The first-order valence-electron chi connectivity index (χ1n) is 6.76. The van der Waals surface area contributed by atoms with Crippen molar-refractivity contribution in [2.75, 3.05) is 21.3 Å². The first-order valence-corrected chi connectivity index (χ1v) is 6.76. The van der Waals surface area contributed by atoms with E-state index in [1.165, 1.54) is 0 Å². The molecule has 5 heteroatoms. The first-order chi connectivity index (χ1) is 10.6. The maximum atomic E-state index is 11.1. The highest BCUT2D eigenvalue weighted by molar-refractivity contribution is 5.92. The molecule has 0 aromatic heterocycles. The van der Waals surface area contributed by atoms with Crippen molar-refractivity contribution < 1.29 is 19.0 Å². The van der Waals surface area contributed by atoms with E-state index in [4.69, 9.17) is 19.9 Å². The third-order valence-corrected chi connectivity index (χ3v) is 3.37. The topological polar surface area (TPSA) is 70.8 Å². The van der Waals surface area contributed by atoms with Crippen LogP contribution in [0.15, 0.2) is 36.4 Å². The van der Waals surface area contributed by atoms with Crippen LogP contribution in [0.3, 0.4) is 0 Å². The fraction of sp³-hybridized carbons (Fsp3) is 0.235. The van der Waals surface area contributed by atoms with Crippen molar-refractivity contribution in [3.05, 3.63) is 53.1 Å². The minimum Gasteiger partial charge on any atom is -0.493 e. The quantitative estimate of drug-likeness (QED) is 0.889. The Morgan fingerprint density at radius 2 is 1.45 bits per heavy atom. The number of hydrogen-bond acceptors (Lipinski definition) is 4. The van der Waals surface area contributed by atoms with Crippen LogP contribution >= 0.6 is 0 Å². The molecule has 0 aliphatic heterocycles. The van der Waals surface area contributed by atoms with Crippen LogP contribution in [0, 0.1) is 0 Å². The molecule has 2 rings (SSSR count). The second-order valence-electron chi connectivity index (χ2n) is 4.77. The Bertz CT molecular complexity index is 640. The summed E-state index contributed by atoms with van der Waals surface area (Å²) in [5, 5.41) is 0. The van der Waals surface area contributed by atoms with Crippen molar-refractivity contribution in [1.29, 1.82) is 0 Å². The molecule has 0 aliphatic rings. The number of rotatable bonds is 6. The minimum atomic E-state index is -0.431. The second kappa shape index (κ2) is 6.85. The fourth-order valence-electron chi connectivity index (χ4n) is 2.26. The zero-order chi connectivity index (χ0) is 16.1. The first kappa shape index (κ1) is 15.7. The molecule has 0 aliphatic carbocycles. The van der Waals surface area contributed by atoms with E-state index >= 15 is 0 Å². The molecule has 0 heterocycles. The summed E-state index contributed by atoms with van der Waals surface area (Å²) in [5.41, 5.74) is 7.80. The normalized spacial score (nSPS) is 10.1. The molecule has 0 fully saturated rings. The molecule has 0 atom stereocenters.